The Morgan fingerprint density at radius 2 is 1.97 bits per heavy atom. The predicted molar refractivity (Wildman–Crippen MR) is 107 cm³/mol. The molecule has 0 bridgehead atoms. The number of H-pyrrole nitrogens is 1. The van der Waals surface area contributed by atoms with E-state index >= 15 is 0 Å². The molecule has 1 aromatic heterocycles. The van der Waals surface area contributed by atoms with E-state index in [2.05, 4.69) is 20.6 Å². The van der Waals surface area contributed by atoms with E-state index in [1.54, 1.807) is 12.1 Å². The first kappa shape index (κ1) is 20.1. The summed E-state index contributed by atoms with van der Waals surface area (Å²) >= 11 is 0. The van der Waals surface area contributed by atoms with Crippen molar-refractivity contribution in [3.05, 3.63) is 53.8 Å². The molecule has 7 nitrogen and oxygen atoms in total. The Balaban J connectivity index is 1.51. The molecule has 0 unspecified atom stereocenters. The number of aromatic amines is 1. The molecule has 1 amide bonds. The zero-order chi connectivity index (χ0) is 21.3. The van der Waals surface area contributed by atoms with Gasteiger partial charge in [0.05, 0.1) is 18.2 Å². The van der Waals surface area contributed by atoms with Gasteiger partial charge in [-0.15, -0.1) is 10.2 Å². The van der Waals surface area contributed by atoms with E-state index in [0.717, 1.165) is 16.7 Å². The Morgan fingerprint density at radius 3 is 2.60 bits per heavy atom. The van der Waals surface area contributed by atoms with Crippen molar-refractivity contribution in [2.24, 2.45) is 5.73 Å². The first-order valence-corrected chi connectivity index (χ1v) is 9.76. The number of amides is 1. The fourth-order valence-corrected chi connectivity index (χ4v) is 3.68. The Kier molecular flexibility index (Phi) is 5.54. The van der Waals surface area contributed by atoms with Gasteiger partial charge in [0.1, 0.15) is 12.0 Å². The molecule has 3 N–H and O–H groups in total. The van der Waals surface area contributed by atoms with Crippen molar-refractivity contribution in [1.82, 2.24) is 25.5 Å². The number of benzene rings is 2. The minimum atomic E-state index is -0.969. The number of likely N-dealkylation sites (tertiary alicyclic amines) is 1. The maximum absolute atomic E-state index is 14.1. The van der Waals surface area contributed by atoms with Gasteiger partial charge < -0.3 is 10.6 Å². The summed E-state index contributed by atoms with van der Waals surface area (Å²) < 4.78 is 27.5. The summed E-state index contributed by atoms with van der Waals surface area (Å²) in [5.41, 5.74) is 9.00. The number of aromatic nitrogens is 4. The average molecular weight is 412 g/mol. The van der Waals surface area contributed by atoms with Gasteiger partial charge in [-0.25, -0.2) is 8.78 Å². The lowest BCUT2D eigenvalue weighted by Crippen LogP contribution is -2.45. The SMILES string of the molecule is C[C@@H](c1ccc(-c2ccc(F)c(-c3nn[nH]n3)c2)cc1)[C@H](N)C(=O)N1CC[C@H](F)C1. The van der Waals surface area contributed by atoms with Gasteiger partial charge in [0.2, 0.25) is 11.7 Å². The summed E-state index contributed by atoms with van der Waals surface area (Å²) in [6.07, 6.45) is -0.603. The number of nitrogens with one attached hydrogen (secondary N) is 1. The molecular formula is C21H22F2N6O. The quantitative estimate of drug-likeness (QED) is 0.671. The summed E-state index contributed by atoms with van der Waals surface area (Å²) in [6, 6.07) is 11.5. The number of tetrazole rings is 1. The van der Waals surface area contributed by atoms with Gasteiger partial charge in [0, 0.05) is 12.5 Å². The van der Waals surface area contributed by atoms with Crippen LogP contribution in [-0.4, -0.2) is 56.7 Å². The minimum absolute atomic E-state index is 0.117. The molecule has 30 heavy (non-hydrogen) atoms. The number of nitrogens with two attached hydrogens (primary N) is 1. The normalized spacial score (nSPS) is 18.4. The number of nitrogens with zero attached hydrogens (tertiary/aromatic N) is 4. The molecule has 1 aliphatic rings. The minimum Gasteiger partial charge on any atom is -0.338 e. The predicted octanol–water partition coefficient (Wildman–Crippen LogP) is 2.67. The van der Waals surface area contributed by atoms with Gasteiger partial charge in [-0.1, -0.05) is 37.3 Å². The van der Waals surface area contributed by atoms with Gasteiger partial charge in [0.25, 0.3) is 0 Å². The lowest BCUT2D eigenvalue weighted by Gasteiger charge is -2.25. The number of halogens is 2. The molecule has 1 aliphatic heterocycles. The highest BCUT2D eigenvalue weighted by atomic mass is 19.1. The molecule has 1 saturated heterocycles. The van der Waals surface area contributed by atoms with Gasteiger partial charge >= 0.3 is 0 Å². The Morgan fingerprint density at radius 1 is 1.23 bits per heavy atom. The van der Waals surface area contributed by atoms with Crippen molar-refractivity contribution in [3.63, 3.8) is 0 Å². The maximum Gasteiger partial charge on any atom is 0.240 e. The third-order valence-corrected chi connectivity index (χ3v) is 5.59. The Labute approximate surface area is 172 Å². The van der Waals surface area contributed by atoms with Crippen LogP contribution in [0.1, 0.15) is 24.8 Å². The second-order valence-electron chi connectivity index (χ2n) is 7.54. The molecule has 1 fully saturated rings. The van der Waals surface area contributed by atoms with Crippen LogP contribution in [0.2, 0.25) is 0 Å². The van der Waals surface area contributed by atoms with E-state index in [0.29, 0.717) is 13.0 Å². The molecule has 0 aliphatic carbocycles. The van der Waals surface area contributed by atoms with E-state index < -0.39 is 18.0 Å². The molecule has 3 aromatic rings. The number of alkyl halides is 1. The molecular weight excluding hydrogens is 390 g/mol. The van der Waals surface area contributed by atoms with Crippen LogP contribution < -0.4 is 5.73 Å². The number of hydrogen-bond acceptors (Lipinski definition) is 5. The summed E-state index contributed by atoms with van der Waals surface area (Å²) in [6.45, 7) is 2.41. The third-order valence-electron chi connectivity index (χ3n) is 5.59. The molecule has 0 radical (unpaired) electrons. The van der Waals surface area contributed by atoms with E-state index in [1.165, 1.54) is 11.0 Å². The molecule has 4 rings (SSSR count). The summed E-state index contributed by atoms with van der Waals surface area (Å²) in [4.78, 5) is 14.1. The molecule has 0 saturated carbocycles. The molecule has 2 heterocycles. The average Bonchev–Trinajstić information content (AvgIpc) is 3.45. The fourth-order valence-electron chi connectivity index (χ4n) is 3.68. The fraction of sp³-hybridized carbons (Fsp3) is 0.333. The number of carbonyl (C=O) groups excluding carboxylic acids is 1. The monoisotopic (exact) mass is 412 g/mol. The molecule has 9 heteroatoms. The van der Waals surface area contributed by atoms with Crippen molar-refractivity contribution in [3.8, 4) is 22.5 Å². The van der Waals surface area contributed by atoms with Gasteiger partial charge in [-0.3, -0.25) is 4.79 Å². The molecule has 156 valence electrons. The zero-order valence-electron chi connectivity index (χ0n) is 16.4. The van der Waals surface area contributed by atoms with Crippen molar-refractivity contribution < 1.29 is 13.6 Å². The van der Waals surface area contributed by atoms with Crippen LogP contribution in [0.5, 0.6) is 0 Å². The van der Waals surface area contributed by atoms with Crippen LogP contribution in [-0.2, 0) is 4.79 Å². The van der Waals surface area contributed by atoms with Crippen molar-refractivity contribution in [1.29, 1.82) is 0 Å². The highest BCUT2D eigenvalue weighted by Crippen LogP contribution is 2.29. The number of rotatable bonds is 5. The van der Waals surface area contributed by atoms with Crippen LogP contribution >= 0.6 is 0 Å². The van der Waals surface area contributed by atoms with Crippen molar-refractivity contribution in [2.75, 3.05) is 13.1 Å². The van der Waals surface area contributed by atoms with E-state index in [9.17, 15) is 13.6 Å². The second-order valence-corrected chi connectivity index (χ2v) is 7.54. The lowest BCUT2D eigenvalue weighted by molar-refractivity contribution is -0.132. The highest BCUT2D eigenvalue weighted by Gasteiger charge is 2.32. The largest absolute Gasteiger partial charge is 0.338 e. The van der Waals surface area contributed by atoms with Crippen LogP contribution in [0.3, 0.4) is 0 Å². The maximum atomic E-state index is 14.1. The van der Waals surface area contributed by atoms with E-state index in [1.807, 2.05) is 31.2 Å². The third kappa shape index (κ3) is 3.93. The second kappa shape index (κ2) is 8.27. The van der Waals surface area contributed by atoms with Crippen LogP contribution in [0.4, 0.5) is 8.78 Å². The zero-order valence-corrected chi connectivity index (χ0v) is 16.4. The first-order valence-electron chi connectivity index (χ1n) is 9.76. The number of hydrogen-bond donors (Lipinski definition) is 2. The lowest BCUT2D eigenvalue weighted by atomic mass is 9.91. The Bertz CT molecular complexity index is 1020. The Hall–Kier alpha value is -3.20. The smallest absolute Gasteiger partial charge is 0.240 e. The standard InChI is InChI=1S/C21H22F2N6O/c1-12(19(24)21(30)29-9-8-16(22)11-29)13-2-4-14(5-3-13)15-6-7-18(23)17(10-15)20-25-27-28-26-20/h2-7,10,12,16,19H,8-9,11,24H2,1H3,(H,25,26,27,28)/t12-,16-,19-/m0/s1. The van der Waals surface area contributed by atoms with E-state index in [4.69, 9.17) is 5.73 Å². The van der Waals surface area contributed by atoms with Gasteiger partial charge in [-0.2, -0.15) is 5.21 Å². The summed E-state index contributed by atoms with van der Waals surface area (Å²) in [7, 11) is 0. The summed E-state index contributed by atoms with van der Waals surface area (Å²) in [5.74, 6) is -0.711. The first-order chi connectivity index (χ1) is 14.4. The van der Waals surface area contributed by atoms with Crippen LogP contribution in [0, 0.1) is 5.82 Å². The highest BCUT2D eigenvalue weighted by molar-refractivity contribution is 5.83. The molecule has 3 atom stereocenters. The van der Waals surface area contributed by atoms with Crippen molar-refractivity contribution in [2.45, 2.75) is 31.5 Å². The molecule has 0 spiro atoms. The molecule has 2 aromatic carbocycles. The van der Waals surface area contributed by atoms with Gasteiger partial charge in [0.15, 0.2) is 0 Å². The van der Waals surface area contributed by atoms with Crippen molar-refractivity contribution >= 4 is 5.91 Å². The summed E-state index contributed by atoms with van der Waals surface area (Å²) in [5, 5.41) is 13.5. The topological polar surface area (TPSA) is 101 Å². The van der Waals surface area contributed by atoms with Crippen LogP contribution in [0.25, 0.3) is 22.5 Å². The van der Waals surface area contributed by atoms with Crippen LogP contribution in [0.15, 0.2) is 42.5 Å². The van der Waals surface area contributed by atoms with Gasteiger partial charge in [-0.05, 0) is 40.5 Å². The number of carbonyl (C=O) groups is 1. The van der Waals surface area contributed by atoms with E-state index in [-0.39, 0.29) is 29.8 Å².